The second-order valence-corrected chi connectivity index (χ2v) is 10.4. The van der Waals surface area contributed by atoms with Crippen LogP contribution in [0.25, 0.3) is 0 Å². The number of hydrogen-bond donors (Lipinski definition) is 4. The molecule has 0 saturated carbocycles. The third-order valence-electron chi connectivity index (χ3n) is 1.91. The Kier molecular flexibility index (Phi) is 14.0. The molecule has 0 aromatic rings. The van der Waals surface area contributed by atoms with E-state index in [1.54, 1.807) is 0 Å². The molecule has 0 bridgehead atoms. The van der Waals surface area contributed by atoms with Gasteiger partial charge < -0.3 is 0 Å². The Morgan fingerprint density at radius 3 is 1.41 bits per heavy atom. The van der Waals surface area contributed by atoms with E-state index >= 15 is 0 Å². The van der Waals surface area contributed by atoms with Crippen LogP contribution in [0.2, 0.25) is 0 Å². The van der Waals surface area contributed by atoms with Crippen LogP contribution in [0.3, 0.4) is 0 Å². The van der Waals surface area contributed by atoms with Crippen LogP contribution < -0.4 is 0 Å². The largest absolute Gasteiger partial charge is 0.173 e. The summed E-state index contributed by atoms with van der Waals surface area (Å²) in [5.74, 6) is 4.24. The van der Waals surface area contributed by atoms with Gasteiger partial charge in [0, 0.05) is 22.0 Å². The normalized spacial score (nSPS) is 18.7. The summed E-state index contributed by atoms with van der Waals surface area (Å²) in [6.07, 6.45) is 0. The summed E-state index contributed by atoms with van der Waals surface area (Å²) in [5.41, 5.74) is 0. The fraction of sp³-hybridized carbons (Fsp3) is 1.00. The summed E-state index contributed by atoms with van der Waals surface area (Å²) < 4.78 is 0.650. The molecule has 0 aliphatic carbocycles. The van der Waals surface area contributed by atoms with Crippen molar-refractivity contribution in [1.29, 1.82) is 0 Å². The van der Waals surface area contributed by atoms with E-state index in [4.69, 9.17) is 0 Å². The first-order valence-electron chi connectivity index (χ1n) is 5.56. The van der Waals surface area contributed by atoms with Gasteiger partial charge in [-0.15, -0.1) is 23.5 Å². The molecule has 4 unspecified atom stereocenters. The highest BCUT2D eigenvalue weighted by Crippen LogP contribution is 2.28. The second kappa shape index (κ2) is 12.2. The molecule has 0 amide bonds. The second-order valence-electron chi connectivity index (χ2n) is 3.36. The number of rotatable bonds is 10. The summed E-state index contributed by atoms with van der Waals surface area (Å²) in [7, 11) is 0. The molecule has 0 radical (unpaired) electrons. The van der Waals surface area contributed by atoms with Crippen molar-refractivity contribution in [1.82, 2.24) is 0 Å². The fourth-order valence-electron chi connectivity index (χ4n) is 1.04. The van der Waals surface area contributed by atoms with E-state index in [1.807, 2.05) is 35.3 Å². The molecule has 0 aromatic heterocycles. The summed E-state index contributed by atoms with van der Waals surface area (Å²) in [4.78, 5) is 0. The SMILES string of the molecule is CCSC(S)C(S)CSCC(S)C(S)SCC. The van der Waals surface area contributed by atoms with Gasteiger partial charge in [0.05, 0.1) is 9.16 Å². The third kappa shape index (κ3) is 9.91. The van der Waals surface area contributed by atoms with E-state index in [1.165, 1.54) is 0 Å². The van der Waals surface area contributed by atoms with Gasteiger partial charge in [-0.1, -0.05) is 13.8 Å². The van der Waals surface area contributed by atoms with Crippen LogP contribution in [-0.4, -0.2) is 42.7 Å². The molecule has 0 rings (SSSR count). The molecule has 0 aliphatic heterocycles. The first-order chi connectivity index (χ1) is 8.02. The molecule has 0 heterocycles. The minimum Gasteiger partial charge on any atom is -0.173 e. The Morgan fingerprint density at radius 2 is 1.12 bits per heavy atom. The van der Waals surface area contributed by atoms with Crippen molar-refractivity contribution in [2.75, 3.05) is 23.0 Å². The predicted molar refractivity (Wildman–Crippen MR) is 105 cm³/mol. The van der Waals surface area contributed by atoms with Crippen LogP contribution in [0.15, 0.2) is 0 Å². The van der Waals surface area contributed by atoms with Crippen molar-refractivity contribution < 1.29 is 0 Å². The Balaban J connectivity index is 3.68. The molecule has 0 saturated heterocycles. The zero-order valence-corrected chi connectivity index (χ0v) is 16.2. The lowest BCUT2D eigenvalue weighted by atomic mass is 10.5. The third-order valence-corrected chi connectivity index (χ3v) is 9.05. The van der Waals surface area contributed by atoms with Gasteiger partial charge >= 0.3 is 0 Å². The van der Waals surface area contributed by atoms with Crippen molar-refractivity contribution in [2.45, 2.75) is 33.5 Å². The standard InChI is InChI=1S/C10H22S7/c1-3-16-9(13)7(11)5-15-6-8(12)10(14)17-4-2/h7-14H,3-6H2,1-2H3. The molecule has 0 spiro atoms. The lowest BCUT2D eigenvalue weighted by Gasteiger charge is -2.20. The summed E-state index contributed by atoms with van der Waals surface area (Å²) >= 11 is 23.9. The highest BCUT2D eigenvalue weighted by molar-refractivity contribution is 8.12. The van der Waals surface area contributed by atoms with E-state index in [-0.39, 0.29) is 0 Å². The van der Waals surface area contributed by atoms with E-state index in [2.05, 4.69) is 64.4 Å². The van der Waals surface area contributed by atoms with Crippen LogP contribution in [0.1, 0.15) is 13.8 Å². The maximum Gasteiger partial charge on any atom is 0.0596 e. The topological polar surface area (TPSA) is 0 Å². The molecule has 4 atom stereocenters. The van der Waals surface area contributed by atoms with Crippen molar-refractivity contribution in [3.63, 3.8) is 0 Å². The Bertz CT molecular complexity index is 160. The van der Waals surface area contributed by atoms with E-state index < -0.39 is 0 Å². The zero-order chi connectivity index (χ0) is 13.3. The zero-order valence-electron chi connectivity index (χ0n) is 10.2. The van der Waals surface area contributed by atoms with Gasteiger partial charge in [-0.05, 0) is 11.5 Å². The first kappa shape index (κ1) is 19.4. The summed E-state index contributed by atoms with van der Waals surface area (Å²) in [5, 5.41) is 0.678. The molecular weight excluding hydrogens is 345 g/mol. The molecule has 0 aliphatic rings. The Hall–Kier alpha value is 2.45. The summed E-state index contributed by atoms with van der Waals surface area (Å²) in [6, 6.07) is 0. The number of hydrogen-bond acceptors (Lipinski definition) is 7. The van der Waals surface area contributed by atoms with Gasteiger partial charge in [0.1, 0.15) is 0 Å². The van der Waals surface area contributed by atoms with Crippen LogP contribution in [0.4, 0.5) is 0 Å². The van der Waals surface area contributed by atoms with Gasteiger partial charge in [-0.3, -0.25) is 0 Å². The van der Waals surface area contributed by atoms with Crippen LogP contribution >= 0.6 is 85.8 Å². The minimum atomic E-state index is 0.325. The highest BCUT2D eigenvalue weighted by Gasteiger charge is 2.17. The van der Waals surface area contributed by atoms with Gasteiger partial charge in [0.25, 0.3) is 0 Å². The molecular formula is C10H22S7. The van der Waals surface area contributed by atoms with Gasteiger partial charge in [-0.2, -0.15) is 62.3 Å². The maximum absolute atomic E-state index is 4.59. The maximum atomic E-state index is 4.59. The van der Waals surface area contributed by atoms with Crippen molar-refractivity contribution >= 4 is 85.8 Å². The molecule has 0 fully saturated rings. The molecule has 104 valence electrons. The van der Waals surface area contributed by atoms with Crippen LogP contribution in [0.5, 0.6) is 0 Å². The average molecular weight is 367 g/mol. The van der Waals surface area contributed by atoms with Gasteiger partial charge in [0.2, 0.25) is 0 Å². The van der Waals surface area contributed by atoms with Crippen LogP contribution in [-0.2, 0) is 0 Å². The first-order valence-corrected chi connectivity index (χ1v) is 10.9. The quantitative estimate of drug-likeness (QED) is 0.336. The van der Waals surface area contributed by atoms with E-state index in [0.29, 0.717) is 19.7 Å². The minimum absolute atomic E-state index is 0.325. The highest BCUT2D eigenvalue weighted by atomic mass is 32.2. The van der Waals surface area contributed by atoms with E-state index in [9.17, 15) is 0 Å². The van der Waals surface area contributed by atoms with Gasteiger partial charge in [-0.25, -0.2) is 0 Å². The van der Waals surface area contributed by atoms with Gasteiger partial charge in [0.15, 0.2) is 0 Å². The smallest absolute Gasteiger partial charge is 0.0596 e. The molecule has 0 nitrogen and oxygen atoms in total. The fourth-order valence-corrected chi connectivity index (χ4v) is 6.14. The van der Waals surface area contributed by atoms with E-state index in [0.717, 1.165) is 23.0 Å². The lowest BCUT2D eigenvalue weighted by molar-refractivity contribution is 1.08. The van der Waals surface area contributed by atoms with Crippen molar-refractivity contribution in [3.8, 4) is 0 Å². The molecule has 0 aromatic carbocycles. The number of thiol groups is 4. The van der Waals surface area contributed by atoms with Crippen molar-refractivity contribution in [3.05, 3.63) is 0 Å². The molecule has 0 N–H and O–H groups in total. The van der Waals surface area contributed by atoms with Crippen molar-refractivity contribution in [2.24, 2.45) is 0 Å². The average Bonchev–Trinajstić information content (AvgIpc) is 2.29. The molecule has 17 heavy (non-hydrogen) atoms. The Morgan fingerprint density at radius 1 is 0.765 bits per heavy atom. The monoisotopic (exact) mass is 366 g/mol. The lowest BCUT2D eigenvalue weighted by Crippen LogP contribution is -2.19. The van der Waals surface area contributed by atoms with Crippen LogP contribution in [0, 0.1) is 0 Å². The predicted octanol–water partition coefficient (Wildman–Crippen LogP) is 4.33. The Labute approximate surface area is 141 Å². The molecule has 7 heteroatoms. The number of thioether (sulfide) groups is 3. The summed E-state index contributed by atoms with van der Waals surface area (Å²) in [6.45, 7) is 4.30.